The van der Waals surface area contributed by atoms with Gasteiger partial charge in [-0.1, -0.05) is 31.9 Å². The number of carbonyl (C=O) groups is 2. The fourth-order valence-electron chi connectivity index (χ4n) is 1.13. The normalized spacial score (nSPS) is 10.2. The summed E-state index contributed by atoms with van der Waals surface area (Å²) >= 11 is 6.55. The highest BCUT2D eigenvalue weighted by molar-refractivity contribution is 9.24. The van der Waals surface area contributed by atoms with Gasteiger partial charge in [0.15, 0.2) is 5.69 Å². The zero-order valence-corrected chi connectivity index (χ0v) is 12.2. The van der Waals surface area contributed by atoms with Crippen molar-refractivity contribution in [2.45, 2.75) is 3.74 Å². The molecule has 17 heavy (non-hydrogen) atoms. The van der Waals surface area contributed by atoms with Crippen LogP contribution in [0.25, 0.3) is 0 Å². The summed E-state index contributed by atoms with van der Waals surface area (Å²) in [5.74, 6) is -1.32. The lowest BCUT2D eigenvalue weighted by molar-refractivity contribution is 0.0549. The number of methoxy groups -OCH3 is 2. The van der Waals surface area contributed by atoms with Crippen LogP contribution < -0.4 is 0 Å². The van der Waals surface area contributed by atoms with Crippen LogP contribution >= 0.6 is 31.9 Å². The van der Waals surface area contributed by atoms with Gasteiger partial charge in [-0.05, 0) is 11.6 Å². The molecule has 0 aliphatic rings. The summed E-state index contributed by atoms with van der Waals surface area (Å²) in [5, 5.41) is 0. The molecule has 1 aromatic rings. The second-order valence-corrected chi connectivity index (χ2v) is 6.01. The molecule has 0 N–H and O–H groups in total. The Bertz CT molecular complexity index is 448. The molecule has 0 spiro atoms. The van der Waals surface area contributed by atoms with Crippen LogP contribution in [-0.2, 0) is 9.47 Å². The molecule has 0 saturated carbocycles. The van der Waals surface area contributed by atoms with E-state index in [9.17, 15) is 9.59 Å². The summed E-state index contributed by atoms with van der Waals surface area (Å²) in [6, 6.07) is 1.51. The van der Waals surface area contributed by atoms with Crippen LogP contribution in [0.1, 0.15) is 30.1 Å². The van der Waals surface area contributed by atoms with Crippen LogP contribution in [0.3, 0.4) is 0 Å². The summed E-state index contributed by atoms with van der Waals surface area (Å²) in [7, 11) is 2.45. The van der Waals surface area contributed by atoms with E-state index in [2.05, 4.69) is 46.3 Å². The number of nitrogens with zero attached hydrogens (tertiary/aromatic N) is 1. The van der Waals surface area contributed by atoms with Gasteiger partial charge in [-0.15, -0.1) is 0 Å². The smallest absolute Gasteiger partial charge is 0.357 e. The Morgan fingerprint density at radius 1 is 1.24 bits per heavy atom. The summed E-state index contributed by atoms with van der Waals surface area (Å²) < 4.78 is 8.96. The number of pyridine rings is 1. The summed E-state index contributed by atoms with van der Waals surface area (Å²) in [4.78, 5) is 26.9. The Kier molecular flexibility index (Phi) is 5.07. The first-order chi connectivity index (χ1) is 8.01. The van der Waals surface area contributed by atoms with Crippen molar-refractivity contribution in [3.05, 3.63) is 29.1 Å². The number of alkyl halides is 2. The zero-order valence-electron chi connectivity index (χ0n) is 9.07. The van der Waals surface area contributed by atoms with Gasteiger partial charge >= 0.3 is 11.9 Å². The van der Waals surface area contributed by atoms with Gasteiger partial charge in [0.05, 0.1) is 23.5 Å². The van der Waals surface area contributed by atoms with Crippen molar-refractivity contribution in [3.63, 3.8) is 0 Å². The minimum absolute atomic E-state index is 0.0660. The van der Waals surface area contributed by atoms with E-state index in [0.717, 1.165) is 0 Å². The van der Waals surface area contributed by atoms with Crippen LogP contribution in [0, 0.1) is 0 Å². The Hall–Kier alpha value is -0.950. The van der Waals surface area contributed by atoms with E-state index in [4.69, 9.17) is 0 Å². The number of esters is 2. The number of carbonyl (C=O) groups excluding carboxylic acids is 2. The van der Waals surface area contributed by atoms with E-state index in [-0.39, 0.29) is 15.0 Å². The van der Waals surface area contributed by atoms with E-state index in [1.165, 1.54) is 26.5 Å². The highest BCUT2D eigenvalue weighted by atomic mass is 79.9. The first-order valence-electron chi connectivity index (χ1n) is 4.46. The second kappa shape index (κ2) is 6.11. The number of halogens is 2. The number of hydrogen-bond donors (Lipinski definition) is 0. The molecule has 92 valence electrons. The van der Waals surface area contributed by atoms with E-state index in [1.807, 2.05) is 0 Å². The molecule has 0 aliphatic carbocycles. The SMILES string of the molecule is COC(=O)c1cc(C(Br)Br)cnc1C(=O)OC. The molecule has 7 heteroatoms. The van der Waals surface area contributed by atoms with E-state index < -0.39 is 11.9 Å². The lowest BCUT2D eigenvalue weighted by atomic mass is 10.1. The lowest BCUT2D eigenvalue weighted by Crippen LogP contribution is -2.14. The van der Waals surface area contributed by atoms with Gasteiger partial charge in [0, 0.05) is 6.20 Å². The minimum atomic E-state index is -0.683. The van der Waals surface area contributed by atoms with Crippen molar-refractivity contribution in [2.24, 2.45) is 0 Å². The topological polar surface area (TPSA) is 65.5 Å². The van der Waals surface area contributed by atoms with Gasteiger partial charge in [0.2, 0.25) is 0 Å². The number of ether oxygens (including phenoxy) is 2. The average molecular weight is 367 g/mol. The molecular weight excluding hydrogens is 358 g/mol. The molecule has 0 aromatic carbocycles. The Morgan fingerprint density at radius 3 is 2.29 bits per heavy atom. The fourth-order valence-corrected chi connectivity index (χ4v) is 1.63. The molecule has 5 nitrogen and oxygen atoms in total. The standard InChI is InChI=1S/C10H9Br2NO4/c1-16-9(14)6-3-5(8(11)12)4-13-7(6)10(15)17-2/h3-4,8H,1-2H3. The van der Waals surface area contributed by atoms with Crippen molar-refractivity contribution in [3.8, 4) is 0 Å². The molecule has 0 aliphatic heterocycles. The molecular formula is C10H9Br2NO4. The van der Waals surface area contributed by atoms with Gasteiger partial charge in [-0.2, -0.15) is 0 Å². The van der Waals surface area contributed by atoms with Crippen LogP contribution in [0.4, 0.5) is 0 Å². The minimum Gasteiger partial charge on any atom is -0.465 e. The third kappa shape index (κ3) is 3.26. The van der Waals surface area contributed by atoms with E-state index in [1.54, 1.807) is 0 Å². The number of hydrogen-bond acceptors (Lipinski definition) is 5. The lowest BCUT2D eigenvalue weighted by Gasteiger charge is -2.08. The monoisotopic (exact) mass is 365 g/mol. The molecule has 0 bridgehead atoms. The molecule has 0 unspecified atom stereocenters. The van der Waals surface area contributed by atoms with Gasteiger partial charge in [-0.3, -0.25) is 0 Å². The van der Waals surface area contributed by atoms with E-state index >= 15 is 0 Å². The Morgan fingerprint density at radius 2 is 1.82 bits per heavy atom. The van der Waals surface area contributed by atoms with Crippen LogP contribution in [0.2, 0.25) is 0 Å². The van der Waals surface area contributed by atoms with Crippen LogP contribution in [0.5, 0.6) is 0 Å². The molecule has 0 amide bonds. The summed E-state index contributed by atoms with van der Waals surface area (Å²) in [6.07, 6.45) is 1.47. The van der Waals surface area contributed by atoms with Crippen molar-refractivity contribution in [2.75, 3.05) is 14.2 Å². The van der Waals surface area contributed by atoms with Crippen molar-refractivity contribution < 1.29 is 19.1 Å². The molecule has 1 aromatic heterocycles. The van der Waals surface area contributed by atoms with Gasteiger partial charge in [-0.25, -0.2) is 14.6 Å². The largest absolute Gasteiger partial charge is 0.465 e. The molecule has 0 atom stereocenters. The average Bonchev–Trinajstić information content (AvgIpc) is 2.35. The van der Waals surface area contributed by atoms with Gasteiger partial charge in [0.25, 0.3) is 0 Å². The van der Waals surface area contributed by atoms with Gasteiger partial charge < -0.3 is 9.47 Å². The number of rotatable bonds is 3. The molecule has 1 heterocycles. The quantitative estimate of drug-likeness (QED) is 0.607. The van der Waals surface area contributed by atoms with Crippen LogP contribution in [0.15, 0.2) is 12.3 Å². The van der Waals surface area contributed by atoms with Crippen molar-refractivity contribution >= 4 is 43.8 Å². The zero-order chi connectivity index (χ0) is 13.0. The summed E-state index contributed by atoms with van der Waals surface area (Å²) in [5.41, 5.74) is 0.697. The maximum atomic E-state index is 11.5. The van der Waals surface area contributed by atoms with Crippen molar-refractivity contribution in [1.29, 1.82) is 0 Å². The second-order valence-electron chi connectivity index (χ2n) is 2.95. The highest BCUT2D eigenvalue weighted by Gasteiger charge is 2.21. The maximum absolute atomic E-state index is 11.5. The fraction of sp³-hybridized carbons (Fsp3) is 0.300. The predicted molar refractivity (Wildman–Crippen MR) is 67.5 cm³/mol. The highest BCUT2D eigenvalue weighted by Crippen LogP contribution is 2.29. The van der Waals surface area contributed by atoms with Crippen molar-refractivity contribution in [1.82, 2.24) is 4.98 Å². The first kappa shape index (κ1) is 14.1. The Labute approximate surface area is 115 Å². The molecule has 0 radical (unpaired) electrons. The predicted octanol–water partition coefficient (Wildman–Crippen LogP) is 2.44. The summed E-state index contributed by atoms with van der Waals surface area (Å²) in [6.45, 7) is 0. The molecule has 0 fully saturated rings. The van der Waals surface area contributed by atoms with Gasteiger partial charge in [0.1, 0.15) is 0 Å². The molecule has 0 saturated heterocycles. The van der Waals surface area contributed by atoms with Crippen LogP contribution in [-0.4, -0.2) is 31.1 Å². The number of aromatic nitrogens is 1. The third-order valence-electron chi connectivity index (χ3n) is 1.94. The third-order valence-corrected chi connectivity index (χ3v) is 3.00. The first-order valence-corrected chi connectivity index (χ1v) is 6.29. The van der Waals surface area contributed by atoms with E-state index in [0.29, 0.717) is 5.56 Å². The Balaban J connectivity index is 3.31. The molecule has 1 rings (SSSR count). The maximum Gasteiger partial charge on any atom is 0.357 e.